The maximum atomic E-state index is 13.3. The zero-order valence-electron chi connectivity index (χ0n) is 19.4. The zero-order chi connectivity index (χ0) is 24.4. The lowest BCUT2D eigenvalue weighted by Crippen LogP contribution is -2.58. The molecule has 35 heavy (non-hydrogen) atoms. The molecule has 1 aliphatic heterocycles. The Hall–Kier alpha value is -3.11. The molecule has 0 bridgehead atoms. The van der Waals surface area contributed by atoms with Crippen LogP contribution in [0.25, 0.3) is 16.7 Å². The molecule has 2 aliphatic carbocycles. The van der Waals surface area contributed by atoms with Crippen molar-refractivity contribution in [3.05, 3.63) is 53.0 Å². The van der Waals surface area contributed by atoms with Gasteiger partial charge in [0.1, 0.15) is 17.5 Å². The monoisotopic (exact) mass is 480 g/mol. The van der Waals surface area contributed by atoms with Gasteiger partial charge in [-0.3, -0.25) is 14.2 Å². The van der Waals surface area contributed by atoms with Crippen LogP contribution in [0.15, 0.2) is 41.6 Å². The maximum absolute atomic E-state index is 13.3. The van der Waals surface area contributed by atoms with E-state index in [0.29, 0.717) is 54.1 Å². The van der Waals surface area contributed by atoms with Crippen molar-refractivity contribution in [1.82, 2.24) is 24.2 Å². The first-order chi connectivity index (χ1) is 16.7. The van der Waals surface area contributed by atoms with Gasteiger partial charge < -0.3 is 15.7 Å². The van der Waals surface area contributed by atoms with Crippen LogP contribution in [-0.4, -0.2) is 60.0 Å². The Morgan fingerprint density at radius 2 is 1.83 bits per heavy atom. The van der Waals surface area contributed by atoms with Gasteiger partial charge in [0.2, 0.25) is 5.91 Å². The standard InChI is InChI=1S/C25H29FN6O3/c26-17-1-3-19(4-2-17)32-21-20(13-29-32)23(34)31(15-28-21)14-25(35)5-7-30(8-6-25)22(33)16-9-24(10-16)11-18(27)12-24/h1-4,13,15-16,18,35H,5-12,14,27H2. The maximum Gasteiger partial charge on any atom is 0.264 e. The highest BCUT2D eigenvalue weighted by Crippen LogP contribution is 2.58. The Labute approximate surface area is 201 Å². The van der Waals surface area contributed by atoms with Crippen molar-refractivity contribution in [2.45, 2.75) is 56.7 Å². The number of hydrogen-bond acceptors (Lipinski definition) is 6. The van der Waals surface area contributed by atoms with Gasteiger partial charge in [0, 0.05) is 25.0 Å². The molecule has 1 saturated heterocycles. The fourth-order valence-corrected chi connectivity index (χ4v) is 6.26. The largest absolute Gasteiger partial charge is 0.388 e. The van der Waals surface area contributed by atoms with E-state index < -0.39 is 5.60 Å². The Balaban J connectivity index is 1.12. The molecule has 3 fully saturated rings. The van der Waals surface area contributed by atoms with Crippen molar-refractivity contribution >= 4 is 16.9 Å². The molecule has 9 nitrogen and oxygen atoms in total. The van der Waals surface area contributed by atoms with Crippen LogP contribution in [0.4, 0.5) is 4.39 Å². The van der Waals surface area contributed by atoms with Crippen LogP contribution in [-0.2, 0) is 11.3 Å². The highest BCUT2D eigenvalue weighted by Gasteiger charge is 2.54. The van der Waals surface area contributed by atoms with Crippen molar-refractivity contribution in [1.29, 1.82) is 0 Å². The summed E-state index contributed by atoms with van der Waals surface area (Å²) in [5.74, 6) is -0.0895. The van der Waals surface area contributed by atoms with E-state index in [-0.39, 0.29) is 29.7 Å². The van der Waals surface area contributed by atoms with Gasteiger partial charge in [-0.25, -0.2) is 14.1 Å². The van der Waals surface area contributed by atoms with E-state index in [1.165, 1.54) is 33.9 Å². The SMILES string of the molecule is NC1CC2(C1)CC(C(=O)N1CCC(O)(Cn3cnc4c(cnn4-c4ccc(F)cc4)c3=O)CC1)C2. The number of carbonyl (C=O) groups is 1. The minimum Gasteiger partial charge on any atom is -0.388 e. The Kier molecular flexibility index (Phi) is 5.08. The number of carbonyl (C=O) groups excluding carboxylic acids is 1. The third-order valence-corrected chi connectivity index (χ3v) is 8.19. The number of aliphatic hydroxyl groups is 1. The van der Waals surface area contributed by atoms with Gasteiger partial charge in [-0.05, 0) is 68.2 Å². The predicted molar refractivity (Wildman–Crippen MR) is 126 cm³/mol. The average Bonchev–Trinajstić information content (AvgIpc) is 3.22. The van der Waals surface area contributed by atoms with Gasteiger partial charge in [-0.15, -0.1) is 0 Å². The number of rotatable bonds is 4. The van der Waals surface area contributed by atoms with Crippen molar-refractivity contribution in [2.24, 2.45) is 17.1 Å². The molecule has 3 heterocycles. The molecule has 2 saturated carbocycles. The summed E-state index contributed by atoms with van der Waals surface area (Å²) >= 11 is 0. The Morgan fingerprint density at radius 1 is 1.14 bits per heavy atom. The molecule has 0 atom stereocenters. The summed E-state index contributed by atoms with van der Waals surface area (Å²) < 4.78 is 16.2. The molecule has 0 radical (unpaired) electrons. The third-order valence-electron chi connectivity index (χ3n) is 8.19. The number of hydrogen-bond donors (Lipinski definition) is 2. The van der Waals surface area contributed by atoms with Crippen molar-refractivity contribution in [3.8, 4) is 5.69 Å². The lowest BCUT2D eigenvalue weighted by atomic mass is 9.50. The molecule has 10 heteroatoms. The average molecular weight is 481 g/mol. The molecule has 3 aliphatic rings. The van der Waals surface area contributed by atoms with Gasteiger partial charge in [-0.1, -0.05) is 0 Å². The molecule has 1 amide bonds. The van der Waals surface area contributed by atoms with E-state index in [9.17, 15) is 19.1 Å². The molecule has 0 unspecified atom stereocenters. The van der Waals surface area contributed by atoms with E-state index in [2.05, 4.69) is 10.1 Å². The van der Waals surface area contributed by atoms with Crippen molar-refractivity contribution in [2.75, 3.05) is 13.1 Å². The number of fused-ring (bicyclic) bond motifs is 1. The summed E-state index contributed by atoms with van der Waals surface area (Å²) in [6.07, 6.45) is 7.61. The van der Waals surface area contributed by atoms with Crippen LogP contribution in [0.3, 0.4) is 0 Å². The van der Waals surface area contributed by atoms with E-state index in [1.54, 1.807) is 12.1 Å². The summed E-state index contributed by atoms with van der Waals surface area (Å²) in [5, 5.41) is 15.8. The number of amides is 1. The number of nitrogens with two attached hydrogens (primary N) is 1. The van der Waals surface area contributed by atoms with E-state index in [1.807, 2.05) is 4.90 Å². The summed E-state index contributed by atoms with van der Waals surface area (Å²) in [4.78, 5) is 32.3. The summed E-state index contributed by atoms with van der Waals surface area (Å²) in [6.45, 7) is 1.06. The smallest absolute Gasteiger partial charge is 0.264 e. The van der Waals surface area contributed by atoms with Gasteiger partial charge >= 0.3 is 0 Å². The molecule has 3 N–H and O–H groups in total. The van der Waals surface area contributed by atoms with Crippen LogP contribution in [0.2, 0.25) is 0 Å². The molecule has 2 aromatic heterocycles. The van der Waals surface area contributed by atoms with Crippen molar-refractivity contribution in [3.63, 3.8) is 0 Å². The highest BCUT2D eigenvalue weighted by molar-refractivity contribution is 5.80. The molecule has 1 aromatic carbocycles. The second-order valence-electron chi connectivity index (χ2n) is 10.8. The fourth-order valence-electron chi connectivity index (χ4n) is 6.26. The van der Waals surface area contributed by atoms with Crippen LogP contribution >= 0.6 is 0 Å². The first kappa shape index (κ1) is 22.4. The molecule has 3 aromatic rings. The molecular weight excluding hydrogens is 451 g/mol. The zero-order valence-corrected chi connectivity index (χ0v) is 19.4. The lowest BCUT2D eigenvalue weighted by molar-refractivity contribution is -0.153. The number of piperidine rings is 1. The number of nitrogens with zero attached hydrogens (tertiary/aromatic N) is 5. The van der Waals surface area contributed by atoms with Crippen LogP contribution < -0.4 is 11.3 Å². The summed E-state index contributed by atoms with van der Waals surface area (Å²) in [5.41, 5.74) is 5.82. The van der Waals surface area contributed by atoms with Crippen LogP contribution in [0.5, 0.6) is 0 Å². The lowest BCUT2D eigenvalue weighted by Gasteiger charge is -2.57. The Bertz CT molecular complexity index is 1330. The highest BCUT2D eigenvalue weighted by atomic mass is 19.1. The van der Waals surface area contributed by atoms with E-state index in [0.717, 1.165) is 25.7 Å². The number of aromatic nitrogens is 4. The molecule has 1 spiro atoms. The van der Waals surface area contributed by atoms with Gasteiger partial charge in [-0.2, -0.15) is 5.10 Å². The molecular formula is C25H29FN6O3. The van der Waals surface area contributed by atoms with Crippen LogP contribution in [0.1, 0.15) is 38.5 Å². The Morgan fingerprint density at radius 3 is 2.49 bits per heavy atom. The number of benzene rings is 1. The van der Waals surface area contributed by atoms with E-state index >= 15 is 0 Å². The first-order valence-electron chi connectivity index (χ1n) is 12.2. The number of likely N-dealkylation sites (tertiary alicyclic amines) is 1. The second-order valence-corrected chi connectivity index (χ2v) is 10.8. The minimum atomic E-state index is -1.09. The summed E-state index contributed by atoms with van der Waals surface area (Å²) in [7, 11) is 0. The normalized spacial score (nSPS) is 27.6. The first-order valence-corrected chi connectivity index (χ1v) is 12.2. The summed E-state index contributed by atoms with van der Waals surface area (Å²) in [6, 6.07) is 6.07. The van der Waals surface area contributed by atoms with E-state index in [4.69, 9.17) is 5.73 Å². The third kappa shape index (κ3) is 3.84. The quantitative estimate of drug-likeness (QED) is 0.585. The topological polar surface area (TPSA) is 119 Å². The minimum absolute atomic E-state index is 0.0839. The second kappa shape index (κ2) is 7.96. The fraction of sp³-hybridized carbons (Fsp3) is 0.520. The number of halogens is 1. The van der Waals surface area contributed by atoms with Crippen molar-refractivity contribution < 1.29 is 14.3 Å². The predicted octanol–water partition coefficient (Wildman–Crippen LogP) is 1.59. The molecule has 184 valence electrons. The van der Waals surface area contributed by atoms with Crippen LogP contribution in [0, 0.1) is 17.2 Å². The van der Waals surface area contributed by atoms with Gasteiger partial charge in [0.25, 0.3) is 5.56 Å². The molecule has 6 rings (SSSR count). The van der Waals surface area contributed by atoms with Gasteiger partial charge in [0.05, 0.1) is 24.0 Å². The van der Waals surface area contributed by atoms with Gasteiger partial charge in [0.15, 0.2) is 5.65 Å².